The average Bonchev–Trinajstić information content (AvgIpc) is 2.78. The number of hydrogen-bond acceptors (Lipinski definition) is 4. The lowest BCUT2D eigenvalue weighted by Gasteiger charge is -2.38. The number of ether oxygens (including phenoxy) is 1. The molecule has 1 aliphatic carbocycles. The Morgan fingerprint density at radius 3 is 2.57 bits per heavy atom. The lowest BCUT2D eigenvalue weighted by Crippen LogP contribution is -2.55. The molecule has 0 bridgehead atoms. The fourth-order valence-electron chi connectivity index (χ4n) is 3.63. The van der Waals surface area contributed by atoms with Crippen LogP contribution in [0.4, 0.5) is 0 Å². The minimum atomic E-state index is -0.525. The number of carbonyl (C=O) groups excluding carboxylic acids is 1. The van der Waals surface area contributed by atoms with E-state index in [2.05, 4.69) is 10.2 Å². The number of hydrogen-bond donors (Lipinski definition) is 2. The molecule has 2 aliphatic rings. The first kappa shape index (κ1) is 16.4. The molecule has 0 unspecified atom stereocenters. The van der Waals surface area contributed by atoms with Gasteiger partial charge in [0.1, 0.15) is 0 Å². The highest BCUT2D eigenvalue weighted by atomic mass is 16.5. The number of morpholine rings is 1. The van der Waals surface area contributed by atoms with Crippen LogP contribution in [0.2, 0.25) is 0 Å². The third-order valence-corrected chi connectivity index (χ3v) is 4.94. The number of benzene rings is 1. The number of aliphatic hydroxyl groups is 1. The van der Waals surface area contributed by atoms with Gasteiger partial charge in [-0.1, -0.05) is 31.0 Å². The van der Waals surface area contributed by atoms with E-state index in [0.29, 0.717) is 5.56 Å². The van der Waals surface area contributed by atoms with Gasteiger partial charge < -0.3 is 15.2 Å². The summed E-state index contributed by atoms with van der Waals surface area (Å²) in [5.74, 6) is -0.0997. The summed E-state index contributed by atoms with van der Waals surface area (Å²) < 4.78 is 5.41. The van der Waals surface area contributed by atoms with Gasteiger partial charge in [0.15, 0.2) is 0 Å². The van der Waals surface area contributed by atoms with Crippen molar-refractivity contribution in [2.75, 3.05) is 26.3 Å². The van der Waals surface area contributed by atoms with Crippen molar-refractivity contribution in [3.63, 3.8) is 0 Å². The van der Waals surface area contributed by atoms with Gasteiger partial charge in [-0.05, 0) is 25.0 Å². The van der Waals surface area contributed by atoms with Crippen molar-refractivity contribution in [3.8, 4) is 0 Å². The molecule has 126 valence electrons. The summed E-state index contributed by atoms with van der Waals surface area (Å²) in [5, 5.41) is 13.9. The van der Waals surface area contributed by atoms with Crippen LogP contribution in [0.3, 0.4) is 0 Å². The Labute approximate surface area is 137 Å². The second-order valence-electron chi connectivity index (χ2n) is 6.44. The fraction of sp³-hybridized carbons (Fsp3) is 0.611. The van der Waals surface area contributed by atoms with Gasteiger partial charge in [-0.25, -0.2) is 0 Å². The number of aliphatic hydroxyl groups excluding tert-OH is 1. The molecule has 1 aromatic carbocycles. The normalized spacial score (nSPS) is 29.7. The highest BCUT2D eigenvalue weighted by Gasteiger charge is 2.35. The first-order valence-electron chi connectivity index (χ1n) is 8.61. The summed E-state index contributed by atoms with van der Waals surface area (Å²) in [7, 11) is 0. The minimum absolute atomic E-state index is 0.0997. The largest absolute Gasteiger partial charge is 0.389 e. The molecule has 3 rings (SSSR count). The van der Waals surface area contributed by atoms with Gasteiger partial charge in [0.25, 0.3) is 5.91 Å². The number of carbonyl (C=O) groups is 1. The number of nitrogens with zero attached hydrogens (tertiary/aromatic N) is 1. The molecule has 0 radical (unpaired) electrons. The van der Waals surface area contributed by atoms with Crippen molar-refractivity contribution in [2.45, 2.75) is 43.9 Å². The Bertz CT molecular complexity index is 502. The van der Waals surface area contributed by atoms with E-state index in [1.807, 2.05) is 18.2 Å². The summed E-state index contributed by atoms with van der Waals surface area (Å²) in [6.07, 6.45) is 3.43. The molecule has 1 saturated carbocycles. The Hall–Kier alpha value is -1.43. The van der Waals surface area contributed by atoms with Gasteiger partial charge in [-0.2, -0.15) is 0 Å². The van der Waals surface area contributed by atoms with E-state index in [1.54, 1.807) is 12.1 Å². The van der Waals surface area contributed by atoms with Gasteiger partial charge in [-0.3, -0.25) is 9.69 Å². The molecule has 1 aromatic rings. The maximum absolute atomic E-state index is 12.4. The van der Waals surface area contributed by atoms with Crippen molar-refractivity contribution in [1.29, 1.82) is 0 Å². The van der Waals surface area contributed by atoms with E-state index in [-0.39, 0.29) is 18.0 Å². The second-order valence-corrected chi connectivity index (χ2v) is 6.44. The van der Waals surface area contributed by atoms with E-state index in [1.165, 1.54) is 0 Å². The first-order valence-corrected chi connectivity index (χ1v) is 8.61. The minimum Gasteiger partial charge on any atom is -0.389 e. The van der Waals surface area contributed by atoms with Crippen LogP contribution in [-0.4, -0.2) is 60.4 Å². The molecule has 2 fully saturated rings. The number of amides is 1. The predicted octanol–water partition coefficient (Wildman–Crippen LogP) is 1.42. The number of rotatable bonds is 3. The Morgan fingerprint density at radius 2 is 1.83 bits per heavy atom. The summed E-state index contributed by atoms with van der Waals surface area (Å²) in [4.78, 5) is 14.7. The quantitative estimate of drug-likeness (QED) is 0.828. The maximum Gasteiger partial charge on any atom is 0.251 e. The van der Waals surface area contributed by atoms with Crippen molar-refractivity contribution in [2.24, 2.45) is 0 Å². The molecule has 1 amide bonds. The fourth-order valence-corrected chi connectivity index (χ4v) is 3.63. The molecular formula is C18H26N2O3. The molecule has 1 saturated heterocycles. The Morgan fingerprint density at radius 1 is 1.13 bits per heavy atom. The molecule has 2 N–H and O–H groups in total. The Kier molecular flexibility index (Phi) is 5.65. The van der Waals surface area contributed by atoms with Gasteiger partial charge in [-0.15, -0.1) is 0 Å². The van der Waals surface area contributed by atoms with Gasteiger partial charge in [0.2, 0.25) is 0 Å². The lowest BCUT2D eigenvalue weighted by atomic mass is 9.99. The second kappa shape index (κ2) is 7.90. The Balaban J connectivity index is 1.66. The summed E-state index contributed by atoms with van der Waals surface area (Å²) in [5.41, 5.74) is 0.645. The summed E-state index contributed by atoms with van der Waals surface area (Å²) in [6, 6.07) is 9.14. The zero-order valence-corrected chi connectivity index (χ0v) is 13.5. The molecule has 1 aliphatic heterocycles. The molecule has 0 aromatic heterocycles. The van der Waals surface area contributed by atoms with Crippen LogP contribution in [-0.2, 0) is 4.74 Å². The summed E-state index contributed by atoms with van der Waals surface area (Å²) >= 11 is 0. The van der Waals surface area contributed by atoms with E-state index in [9.17, 15) is 9.90 Å². The molecule has 0 spiro atoms. The van der Waals surface area contributed by atoms with Crippen molar-refractivity contribution in [1.82, 2.24) is 10.2 Å². The SMILES string of the molecule is O=C(N[C@@H]1CCCC[C@@H](N2CCOCC2)[C@@H]1O)c1ccccc1. The average molecular weight is 318 g/mol. The van der Waals surface area contributed by atoms with E-state index in [4.69, 9.17) is 4.74 Å². The third-order valence-electron chi connectivity index (χ3n) is 4.94. The van der Waals surface area contributed by atoms with Crippen LogP contribution in [0.15, 0.2) is 30.3 Å². The van der Waals surface area contributed by atoms with Crippen LogP contribution in [0.1, 0.15) is 36.0 Å². The standard InChI is InChI=1S/C18H26N2O3/c21-17-15(19-18(22)14-6-2-1-3-7-14)8-4-5-9-16(17)20-10-12-23-13-11-20/h1-3,6-7,15-17,21H,4-5,8-13H2,(H,19,22)/t15-,16-,17-/m1/s1. The van der Waals surface area contributed by atoms with Crippen LogP contribution >= 0.6 is 0 Å². The third kappa shape index (κ3) is 4.10. The molecule has 5 nitrogen and oxygen atoms in total. The zero-order valence-electron chi connectivity index (χ0n) is 13.5. The number of nitrogens with one attached hydrogen (secondary N) is 1. The van der Waals surface area contributed by atoms with E-state index < -0.39 is 6.10 Å². The topological polar surface area (TPSA) is 61.8 Å². The van der Waals surface area contributed by atoms with Crippen LogP contribution < -0.4 is 5.32 Å². The molecule has 1 heterocycles. The highest BCUT2D eigenvalue weighted by Crippen LogP contribution is 2.24. The van der Waals surface area contributed by atoms with Crippen LogP contribution in [0.25, 0.3) is 0 Å². The predicted molar refractivity (Wildman–Crippen MR) is 88.4 cm³/mol. The highest BCUT2D eigenvalue weighted by molar-refractivity contribution is 5.94. The molecular weight excluding hydrogens is 292 g/mol. The van der Waals surface area contributed by atoms with Gasteiger partial charge >= 0.3 is 0 Å². The van der Waals surface area contributed by atoms with Crippen LogP contribution in [0, 0.1) is 0 Å². The van der Waals surface area contributed by atoms with E-state index in [0.717, 1.165) is 52.0 Å². The molecule has 23 heavy (non-hydrogen) atoms. The summed E-state index contributed by atoms with van der Waals surface area (Å²) in [6.45, 7) is 3.18. The lowest BCUT2D eigenvalue weighted by molar-refractivity contribution is -0.0308. The van der Waals surface area contributed by atoms with Crippen LogP contribution in [0.5, 0.6) is 0 Å². The van der Waals surface area contributed by atoms with E-state index >= 15 is 0 Å². The van der Waals surface area contributed by atoms with Gasteiger partial charge in [0, 0.05) is 24.7 Å². The molecule has 5 heteroatoms. The smallest absolute Gasteiger partial charge is 0.251 e. The van der Waals surface area contributed by atoms with Crippen molar-refractivity contribution < 1.29 is 14.6 Å². The maximum atomic E-state index is 12.4. The van der Waals surface area contributed by atoms with Crippen molar-refractivity contribution >= 4 is 5.91 Å². The molecule has 3 atom stereocenters. The van der Waals surface area contributed by atoms with Crippen molar-refractivity contribution in [3.05, 3.63) is 35.9 Å². The van der Waals surface area contributed by atoms with Gasteiger partial charge in [0.05, 0.1) is 25.4 Å². The zero-order chi connectivity index (χ0) is 16.1. The monoisotopic (exact) mass is 318 g/mol. The first-order chi connectivity index (χ1) is 11.3.